The maximum atomic E-state index is 11.7. The quantitative estimate of drug-likeness (QED) is 0.536. The third kappa shape index (κ3) is 2.67. The average Bonchev–Trinajstić information content (AvgIpc) is 2.65. The average molecular weight is 361 g/mol. The van der Waals surface area contributed by atoms with Crippen molar-refractivity contribution in [2.24, 2.45) is 0 Å². The van der Waals surface area contributed by atoms with Crippen molar-refractivity contribution < 1.29 is 24.5 Å². The number of hydrogen-bond acceptors (Lipinski definition) is 4. The topological polar surface area (TPSA) is 87.1 Å². The Hall–Kier alpha value is -3.80. The molecule has 4 rings (SSSR count). The Kier molecular flexibility index (Phi) is 3.81. The number of anilines is 3. The Labute approximate surface area is 154 Å². The summed E-state index contributed by atoms with van der Waals surface area (Å²) in [5.41, 5.74) is 2.86. The summed E-state index contributed by atoms with van der Waals surface area (Å²) in [5, 5.41) is 19.1. The van der Waals surface area contributed by atoms with E-state index >= 15 is 0 Å². The van der Waals surface area contributed by atoms with Crippen LogP contribution in [0.2, 0.25) is 0 Å². The maximum absolute atomic E-state index is 11.7. The number of para-hydroxylation sites is 2. The summed E-state index contributed by atoms with van der Waals surface area (Å²) >= 11 is 0. The number of ether oxygens (including phenoxy) is 1. The molecule has 0 bridgehead atoms. The Morgan fingerprint density at radius 3 is 1.70 bits per heavy atom. The number of rotatable bonds is 3. The lowest BCUT2D eigenvalue weighted by atomic mass is 10.0. The lowest BCUT2D eigenvalue weighted by molar-refractivity contribution is 0.0687. The van der Waals surface area contributed by atoms with Gasteiger partial charge in [0.2, 0.25) is 0 Å². The van der Waals surface area contributed by atoms with E-state index in [1.165, 1.54) is 12.1 Å². The smallest absolute Gasteiger partial charge is 0.339 e. The lowest BCUT2D eigenvalue weighted by Gasteiger charge is -2.34. The highest BCUT2D eigenvalue weighted by Crippen LogP contribution is 2.52. The van der Waals surface area contributed by atoms with Gasteiger partial charge in [0.1, 0.15) is 11.1 Å². The van der Waals surface area contributed by atoms with Gasteiger partial charge >= 0.3 is 11.9 Å². The van der Waals surface area contributed by atoms with Crippen molar-refractivity contribution in [1.29, 1.82) is 0 Å². The molecule has 6 heteroatoms. The first kappa shape index (κ1) is 16.7. The predicted molar refractivity (Wildman–Crippen MR) is 99.9 cm³/mol. The monoisotopic (exact) mass is 361 g/mol. The standard InChI is InChI=1S/C21H15NO5/c1-12-8-10-13(11-9-12)22-16-6-2-4-14(20(23)24)18(16)27-19-15(21(25)26)5-3-7-17(19)22/h2-11H,1H3,(H,23,24)(H,25,26). The molecule has 0 aromatic heterocycles. The molecular formula is C21H15NO5. The highest BCUT2D eigenvalue weighted by atomic mass is 16.5. The molecule has 6 nitrogen and oxygen atoms in total. The fourth-order valence-electron chi connectivity index (χ4n) is 3.16. The molecule has 0 amide bonds. The van der Waals surface area contributed by atoms with E-state index in [0.29, 0.717) is 11.4 Å². The van der Waals surface area contributed by atoms with Gasteiger partial charge in [-0.3, -0.25) is 0 Å². The van der Waals surface area contributed by atoms with Gasteiger partial charge in [0, 0.05) is 5.69 Å². The van der Waals surface area contributed by atoms with Crippen LogP contribution < -0.4 is 9.64 Å². The van der Waals surface area contributed by atoms with Crippen molar-refractivity contribution in [3.8, 4) is 11.5 Å². The molecule has 0 aliphatic carbocycles. The molecule has 1 aliphatic heterocycles. The molecule has 3 aromatic carbocycles. The van der Waals surface area contributed by atoms with Crippen LogP contribution in [0.25, 0.3) is 0 Å². The van der Waals surface area contributed by atoms with Crippen LogP contribution in [0.15, 0.2) is 60.7 Å². The SMILES string of the molecule is Cc1ccc(N2c3cccc(C(=O)O)c3Oc3c(C(=O)O)cccc32)cc1. The van der Waals surface area contributed by atoms with E-state index in [1.807, 2.05) is 36.1 Å². The zero-order valence-corrected chi connectivity index (χ0v) is 14.3. The minimum absolute atomic E-state index is 0.0320. The molecule has 0 atom stereocenters. The molecular weight excluding hydrogens is 346 g/mol. The first-order chi connectivity index (χ1) is 13.0. The Morgan fingerprint density at radius 2 is 1.26 bits per heavy atom. The first-order valence-electron chi connectivity index (χ1n) is 8.24. The molecule has 0 fully saturated rings. The van der Waals surface area contributed by atoms with E-state index < -0.39 is 11.9 Å². The van der Waals surface area contributed by atoms with E-state index in [-0.39, 0.29) is 22.6 Å². The number of benzene rings is 3. The maximum Gasteiger partial charge on any atom is 0.339 e. The van der Waals surface area contributed by atoms with Crippen LogP contribution in [0.5, 0.6) is 11.5 Å². The van der Waals surface area contributed by atoms with Gasteiger partial charge in [-0.2, -0.15) is 0 Å². The number of nitrogens with zero attached hydrogens (tertiary/aromatic N) is 1. The van der Waals surface area contributed by atoms with E-state index in [4.69, 9.17) is 4.74 Å². The fourth-order valence-corrected chi connectivity index (χ4v) is 3.16. The minimum atomic E-state index is -1.15. The van der Waals surface area contributed by atoms with Gasteiger partial charge in [-0.25, -0.2) is 9.59 Å². The molecule has 0 saturated heterocycles. The second-order valence-corrected chi connectivity index (χ2v) is 6.19. The van der Waals surface area contributed by atoms with Crippen LogP contribution in [-0.4, -0.2) is 22.2 Å². The summed E-state index contributed by atoms with van der Waals surface area (Å²) in [5.74, 6) is -2.06. The van der Waals surface area contributed by atoms with Gasteiger partial charge in [0.15, 0.2) is 11.5 Å². The third-order valence-electron chi connectivity index (χ3n) is 4.43. The van der Waals surface area contributed by atoms with Crippen LogP contribution in [0.4, 0.5) is 17.1 Å². The lowest BCUT2D eigenvalue weighted by Crippen LogP contribution is -2.19. The number of fused-ring (bicyclic) bond motifs is 2. The van der Waals surface area contributed by atoms with Crippen molar-refractivity contribution in [2.75, 3.05) is 4.90 Å². The van der Waals surface area contributed by atoms with Crippen LogP contribution in [0.1, 0.15) is 26.3 Å². The van der Waals surface area contributed by atoms with Gasteiger partial charge in [0.05, 0.1) is 11.4 Å². The number of hydrogen-bond donors (Lipinski definition) is 2. The molecule has 0 radical (unpaired) electrons. The van der Waals surface area contributed by atoms with Crippen LogP contribution in [-0.2, 0) is 0 Å². The molecule has 1 aliphatic rings. The Morgan fingerprint density at radius 1 is 0.778 bits per heavy atom. The van der Waals surface area contributed by atoms with Gasteiger partial charge in [-0.1, -0.05) is 29.8 Å². The number of aromatic carboxylic acids is 2. The minimum Gasteiger partial charge on any atom is -0.478 e. The zero-order chi connectivity index (χ0) is 19.1. The van der Waals surface area contributed by atoms with Gasteiger partial charge in [-0.15, -0.1) is 0 Å². The largest absolute Gasteiger partial charge is 0.478 e. The van der Waals surface area contributed by atoms with E-state index in [9.17, 15) is 19.8 Å². The highest BCUT2D eigenvalue weighted by molar-refractivity contribution is 6.01. The third-order valence-corrected chi connectivity index (χ3v) is 4.43. The summed E-state index contributed by atoms with van der Waals surface area (Å²) in [7, 11) is 0. The summed E-state index contributed by atoms with van der Waals surface area (Å²) in [6, 6.07) is 17.3. The zero-order valence-electron chi connectivity index (χ0n) is 14.3. The van der Waals surface area contributed by atoms with Crippen LogP contribution >= 0.6 is 0 Å². The van der Waals surface area contributed by atoms with Crippen molar-refractivity contribution in [2.45, 2.75) is 6.92 Å². The number of carboxylic acids is 2. The molecule has 134 valence electrons. The van der Waals surface area contributed by atoms with Crippen molar-refractivity contribution in [1.82, 2.24) is 0 Å². The molecule has 27 heavy (non-hydrogen) atoms. The summed E-state index contributed by atoms with van der Waals surface area (Å²) in [6.07, 6.45) is 0. The van der Waals surface area contributed by atoms with E-state index in [0.717, 1.165) is 11.3 Å². The molecule has 2 N–H and O–H groups in total. The molecule has 1 heterocycles. The second-order valence-electron chi connectivity index (χ2n) is 6.19. The second kappa shape index (κ2) is 6.17. The van der Waals surface area contributed by atoms with Crippen LogP contribution in [0, 0.1) is 6.92 Å². The van der Waals surface area contributed by atoms with Gasteiger partial charge in [0.25, 0.3) is 0 Å². The number of carboxylic acid groups (broad SMARTS) is 2. The molecule has 0 unspecified atom stereocenters. The number of aryl methyl sites for hydroxylation is 1. The van der Waals surface area contributed by atoms with Crippen molar-refractivity contribution in [3.63, 3.8) is 0 Å². The Bertz CT molecular complexity index is 1010. The van der Waals surface area contributed by atoms with Crippen molar-refractivity contribution >= 4 is 29.0 Å². The van der Waals surface area contributed by atoms with Crippen molar-refractivity contribution in [3.05, 3.63) is 77.4 Å². The molecule has 3 aromatic rings. The van der Waals surface area contributed by atoms with E-state index in [2.05, 4.69) is 0 Å². The van der Waals surface area contributed by atoms with Gasteiger partial charge < -0.3 is 19.8 Å². The highest BCUT2D eigenvalue weighted by Gasteiger charge is 2.32. The summed E-state index contributed by atoms with van der Waals surface area (Å²) in [6.45, 7) is 1.97. The first-order valence-corrected chi connectivity index (χ1v) is 8.24. The summed E-state index contributed by atoms with van der Waals surface area (Å²) < 4.78 is 5.83. The van der Waals surface area contributed by atoms with Gasteiger partial charge in [-0.05, 0) is 43.3 Å². The fraction of sp³-hybridized carbons (Fsp3) is 0.0476. The molecule has 0 spiro atoms. The Balaban J connectivity index is 2.03. The molecule has 0 saturated carbocycles. The van der Waals surface area contributed by atoms with E-state index in [1.54, 1.807) is 24.3 Å². The summed E-state index contributed by atoms with van der Waals surface area (Å²) in [4.78, 5) is 25.2. The number of carbonyl (C=O) groups is 2. The van der Waals surface area contributed by atoms with Crippen LogP contribution in [0.3, 0.4) is 0 Å². The predicted octanol–water partition coefficient (Wildman–Crippen LogP) is 4.97. The normalized spacial score (nSPS) is 12.0.